The summed E-state index contributed by atoms with van der Waals surface area (Å²) in [6, 6.07) is 8.40. The number of rotatable bonds is 6. The molecular formula is C18H18Cl3NO2. The van der Waals surface area contributed by atoms with Crippen LogP contribution in [0, 0.1) is 6.92 Å². The first-order chi connectivity index (χ1) is 11.4. The standard InChI is InChI=1S/C18H18Cl3NO2/c1-3-4-7-24-17-15(20)8-12(9-16(17)21)18(23)22-13-6-5-11(2)14(19)10-13/h5-6,8-10H,3-4,7H2,1-2H3,(H,22,23). The highest BCUT2D eigenvalue weighted by atomic mass is 35.5. The fraction of sp³-hybridized carbons (Fsp3) is 0.278. The van der Waals surface area contributed by atoms with Gasteiger partial charge in [-0.05, 0) is 43.2 Å². The average Bonchev–Trinajstić information content (AvgIpc) is 2.53. The summed E-state index contributed by atoms with van der Waals surface area (Å²) in [5.41, 5.74) is 1.89. The Labute approximate surface area is 156 Å². The Morgan fingerprint density at radius 2 is 1.75 bits per heavy atom. The van der Waals surface area contributed by atoms with E-state index in [2.05, 4.69) is 12.2 Å². The number of carbonyl (C=O) groups excluding carboxylic acids is 1. The minimum Gasteiger partial charge on any atom is -0.490 e. The van der Waals surface area contributed by atoms with Gasteiger partial charge in [0.25, 0.3) is 5.91 Å². The molecule has 0 heterocycles. The zero-order valence-electron chi connectivity index (χ0n) is 13.5. The lowest BCUT2D eigenvalue weighted by atomic mass is 10.2. The lowest BCUT2D eigenvalue weighted by Gasteiger charge is -2.12. The highest BCUT2D eigenvalue weighted by Gasteiger charge is 2.14. The van der Waals surface area contributed by atoms with Gasteiger partial charge in [-0.25, -0.2) is 0 Å². The second-order valence-electron chi connectivity index (χ2n) is 5.39. The summed E-state index contributed by atoms with van der Waals surface area (Å²) >= 11 is 18.5. The largest absolute Gasteiger partial charge is 0.490 e. The molecule has 0 bridgehead atoms. The Morgan fingerprint density at radius 1 is 1.08 bits per heavy atom. The molecule has 0 aromatic heterocycles. The van der Waals surface area contributed by atoms with Crippen molar-refractivity contribution in [2.24, 2.45) is 0 Å². The second-order valence-corrected chi connectivity index (χ2v) is 6.61. The van der Waals surface area contributed by atoms with E-state index >= 15 is 0 Å². The molecule has 0 fully saturated rings. The van der Waals surface area contributed by atoms with Crippen molar-refractivity contribution in [1.29, 1.82) is 0 Å². The van der Waals surface area contributed by atoms with Gasteiger partial charge < -0.3 is 10.1 Å². The number of halogens is 3. The van der Waals surface area contributed by atoms with Crippen molar-refractivity contribution in [3.05, 3.63) is 56.5 Å². The summed E-state index contributed by atoms with van der Waals surface area (Å²) in [5, 5.41) is 3.98. The molecule has 1 N–H and O–H groups in total. The summed E-state index contributed by atoms with van der Waals surface area (Å²) in [7, 11) is 0. The van der Waals surface area contributed by atoms with E-state index in [1.807, 2.05) is 13.0 Å². The zero-order valence-corrected chi connectivity index (χ0v) is 15.7. The first-order valence-corrected chi connectivity index (χ1v) is 8.75. The van der Waals surface area contributed by atoms with Crippen LogP contribution < -0.4 is 10.1 Å². The summed E-state index contributed by atoms with van der Waals surface area (Å²) in [5.74, 6) is 0.0838. The Bertz CT molecular complexity index is 724. The molecule has 3 nitrogen and oxygen atoms in total. The molecule has 0 aliphatic carbocycles. The molecule has 1 amide bonds. The van der Waals surface area contributed by atoms with Crippen LogP contribution in [0.4, 0.5) is 5.69 Å². The molecule has 0 unspecified atom stereocenters. The van der Waals surface area contributed by atoms with E-state index in [4.69, 9.17) is 39.5 Å². The second kappa shape index (κ2) is 8.61. The van der Waals surface area contributed by atoms with Crippen LogP contribution >= 0.6 is 34.8 Å². The third kappa shape index (κ3) is 4.79. The molecular weight excluding hydrogens is 369 g/mol. The number of nitrogens with one attached hydrogen (secondary N) is 1. The fourth-order valence-electron chi connectivity index (χ4n) is 2.02. The molecule has 0 atom stereocenters. The summed E-state index contributed by atoms with van der Waals surface area (Å²) in [6.07, 6.45) is 1.91. The summed E-state index contributed by atoms with van der Waals surface area (Å²) in [6.45, 7) is 4.49. The van der Waals surface area contributed by atoms with Gasteiger partial charge in [0.1, 0.15) is 0 Å². The number of hydrogen-bond donors (Lipinski definition) is 1. The number of benzene rings is 2. The van der Waals surface area contributed by atoms with Gasteiger partial charge >= 0.3 is 0 Å². The quantitative estimate of drug-likeness (QED) is 0.584. The highest BCUT2D eigenvalue weighted by molar-refractivity contribution is 6.38. The Kier molecular flexibility index (Phi) is 6.79. The molecule has 0 aliphatic rings. The fourth-order valence-corrected chi connectivity index (χ4v) is 2.80. The Hall–Kier alpha value is -1.42. The van der Waals surface area contributed by atoms with Gasteiger partial charge in [0.2, 0.25) is 0 Å². The number of hydrogen-bond acceptors (Lipinski definition) is 2. The minimum atomic E-state index is -0.321. The van der Waals surface area contributed by atoms with Gasteiger partial charge in [0.05, 0.1) is 16.7 Å². The van der Waals surface area contributed by atoms with Crippen LogP contribution in [0.3, 0.4) is 0 Å². The van der Waals surface area contributed by atoms with Gasteiger partial charge in [0.15, 0.2) is 5.75 Å². The van der Waals surface area contributed by atoms with Gasteiger partial charge in [-0.15, -0.1) is 0 Å². The van der Waals surface area contributed by atoms with Gasteiger partial charge in [-0.3, -0.25) is 4.79 Å². The number of aryl methyl sites for hydroxylation is 1. The van der Waals surface area contributed by atoms with Crippen molar-refractivity contribution in [2.45, 2.75) is 26.7 Å². The number of carbonyl (C=O) groups is 1. The lowest BCUT2D eigenvalue weighted by Crippen LogP contribution is -2.12. The van der Waals surface area contributed by atoms with Crippen LogP contribution in [0.5, 0.6) is 5.75 Å². The van der Waals surface area contributed by atoms with Crippen LogP contribution in [0.1, 0.15) is 35.7 Å². The Balaban J connectivity index is 2.16. The highest BCUT2D eigenvalue weighted by Crippen LogP contribution is 2.34. The maximum absolute atomic E-state index is 12.4. The third-order valence-electron chi connectivity index (χ3n) is 3.43. The van der Waals surface area contributed by atoms with E-state index in [9.17, 15) is 4.79 Å². The zero-order chi connectivity index (χ0) is 17.7. The summed E-state index contributed by atoms with van der Waals surface area (Å²) < 4.78 is 5.58. The van der Waals surface area contributed by atoms with E-state index < -0.39 is 0 Å². The third-order valence-corrected chi connectivity index (χ3v) is 4.40. The van der Waals surface area contributed by atoms with Crippen LogP contribution in [0.15, 0.2) is 30.3 Å². The van der Waals surface area contributed by atoms with Crippen molar-refractivity contribution in [1.82, 2.24) is 0 Å². The first-order valence-electron chi connectivity index (χ1n) is 7.61. The van der Waals surface area contributed by atoms with Crippen molar-refractivity contribution in [3.8, 4) is 5.75 Å². The summed E-state index contributed by atoms with van der Waals surface area (Å²) in [4.78, 5) is 12.4. The predicted molar refractivity (Wildman–Crippen MR) is 101 cm³/mol. The molecule has 2 aromatic rings. The number of ether oxygens (including phenoxy) is 1. The van der Waals surface area contributed by atoms with E-state index in [1.54, 1.807) is 24.3 Å². The van der Waals surface area contributed by atoms with E-state index in [-0.39, 0.29) is 5.91 Å². The molecule has 6 heteroatoms. The van der Waals surface area contributed by atoms with Crippen molar-refractivity contribution in [3.63, 3.8) is 0 Å². The van der Waals surface area contributed by atoms with Crippen LogP contribution in [0.25, 0.3) is 0 Å². The predicted octanol–water partition coefficient (Wildman–Crippen LogP) is 6.39. The SMILES string of the molecule is CCCCOc1c(Cl)cc(C(=O)Nc2ccc(C)c(Cl)c2)cc1Cl. The molecule has 0 aliphatic heterocycles. The van der Waals surface area contributed by atoms with Gasteiger partial charge in [-0.2, -0.15) is 0 Å². The van der Waals surface area contributed by atoms with Crippen molar-refractivity contribution >= 4 is 46.4 Å². The molecule has 0 spiro atoms. The van der Waals surface area contributed by atoms with Crippen molar-refractivity contribution in [2.75, 3.05) is 11.9 Å². The molecule has 128 valence electrons. The van der Waals surface area contributed by atoms with Crippen LogP contribution in [-0.4, -0.2) is 12.5 Å². The first kappa shape index (κ1) is 18.9. The topological polar surface area (TPSA) is 38.3 Å². The number of amides is 1. The average molecular weight is 387 g/mol. The van der Waals surface area contributed by atoms with Crippen LogP contribution in [0.2, 0.25) is 15.1 Å². The molecule has 24 heavy (non-hydrogen) atoms. The lowest BCUT2D eigenvalue weighted by molar-refractivity contribution is 0.102. The molecule has 0 saturated carbocycles. The van der Waals surface area contributed by atoms with E-state index in [0.29, 0.717) is 38.7 Å². The monoisotopic (exact) mass is 385 g/mol. The van der Waals surface area contributed by atoms with Crippen LogP contribution in [-0.2, 0) is 0 Å². The number of anilines is 1. The van der Waals surface area contributed by atoms with E-state index in [1.165, 1.54) is 0 Å². The number of unbranched alkanes of at least 4 members (excludes halogenated alkanes) is 1. The molecule has 2 aromatic carbocycles. The normalized spacial score (nSPS) is 10.5. The molecule has 0 saturated heterocycles. The maximum atomic E-state index is 12.4. The van der Waals surface area contributed by atoms with Crippen molar-refractivity contribution < 1.29 is 9.53 Å². The minimum absolute atomic E-state index is 0.311. The van der Waals surface area contributed by atoms with E-state index in [0.717, 1.165) is 18.4 Å². The maximum Gasteiger partial charge on any atom is 0.255 e. The van der Waals surface area contributed by atoms with Gasteiger partial charge in [-0.1, -0.05) is 54.2 Å². The smallest absolute Gasteiger partial charge is 0.255 e. The van der Waals surface area contributed by atoms with Gasteiger partial charge in [0, 0.05) is 16.3 Å². The molecule has 0 radical (unpaired) electrons. The molecule has 2 rings (SSSR count). The Morgan fingerprint density at radius 3 is 2.33 bits per heavy atom.